The molecule has 0 radical (unpaired) electrons. The molecule has 0 saturated heterocycles. The minimum Gasteiger partial charge on any atom is -0.480 e. The molecule has 0 spiro atoms. The summed E-state index contributed by atoms with van der Waals surface area (Å²) >= 11 is 3.18. The second kappa shape index (κ2) is 7.88. The van der Waals surface area contributed by atoms with Crippen LogP contribution in [-0.4, -0.2) is 27.9 Å². The number of nitro groups is 1. The molecule has 22 heavy (non-hydrogen) atoms. The molecule has 1 rings (SSSR count). The van der Waals surface area contributed by atoms with Crippen LogP contribution in [0.3, 0.4) is 0 Å². The fraction of sp³-hybridized carbons (Fsp3) is 0.429. The van der Waals surface area contributed by atoms with Crippen molar-refractivity contribution in [1.29, 1.82) is 0 Å². The first kappa shape index (κ1) is 18.1. The van der Waals surface area contributed by atoms with Crippen LogP contribution >= 0.6 is 15.9 Å². The van der Waals surface area contributed by atoms with Gasteiger partial charge in [-0.3, -0.25) is 14.9 Å². The van der Waals surface area contributed by atoms with E-state index in [0.29, 0.717) is 16.5 Å². The maximum Gasteiger partial charge on any atom is 0.326 e. The van der Waals surface area contributed by atoms with Gasteiger partial charge in [-0.1, -0.05) is 42.3 Å². The van der Waals surface area contributed by atoms with Gasteiger partial charge in [0.2, 0.25) is 5.91 Å². The van der Waals surface area contributed by atoms with E-state index in [1.54, 1.807) is 6.92 Å². The van der Waals surface area contributed by atoms with Gasteiger partial charge in [0.15, 0.2) is 0 Å². The van der Waals surface area contributed by atoms with E-state index in [1.807, 2.05) is 6.92 Å². The van der Waals surface area contributed by atoms with Crippen molar-refractivity contribution in [2.24, 2.45) is 5.92 Å². The lowest BCUT2D eigenvalue weighted by Crippen LogP contribution is -2.45. The van der Waals surface area contributed by atoms with Gasteiger partial charge < -0.3 is 10.4 Å². The van der Waals surface area contributed by atoms with Gasteiger partial charge in [0.25, 0.3) is 5.69 Å². The topological polar surface area (TPSA) is 110 Å². The molecule has 2 unspecified atom stereocenters. The second-order valence-electron chi connectivity index (χ2n) is 4.98. The average molecular weight is 373 g/mol. The Morgan fingerprint density at radius 1 is 1.45 bits per heavy atom. The number of nitro benzene ring substituents is 1. The highest BCUT2D eigenvalue weighted by atomic mass is 79.9. The molecule has 1 amide bonds. The highest BCUT2D eigenvalue weighted by Gasteiger charge is 2.25. The zero-order valence-electron chi connectivity index (χ0n) is 12.2. The Bertz CT molecular complexity index is 591. The molecule has 0 aromatic heterocycles. The molecule has 0 aliphatic carbocycles. The summed E-state index contributed by atoms with van der Waals surface area (Å²) in [6.07, 6.45) is 0.567. The molecule has 0 fully saturated rings. The first-order chi connectivity index (χ1) is 10.3. The highest BCUT2D eigenvalue weighted by molar-refractivity contribution is 9.10. The molecule has 0 aliphatic heterocycles. The monoisotopic (exact) mass is 372 g/mol. The molecular formula is C14H17BrN2O5. The normalized spacial score (nSPS) is 13.2. The predicted molar refractivity (Wildman–Crippen MR) is 83.5 cm³/mol. The van der Waals surface area contributed by atoms with Crippen LogP contribution in [0, 0.1) is 16.0 Å². The molecule has 0 heterocycles. The molecular weight excluding hydrogens is 356 g/mol. The number of aliphatic carboxylic acids is 1. The van der Waals surface area contributed by atoms with Gasteiger partial charge in [0, 0.05) is 16.6 Å². The van der Waals surface area contributed by atoms with E-state index in [9.17, 15) is 19.7 Å². The molecule has 120 valence electrons. The third-order valence-corrected chi connectivity index (χ3v) is 4.13. The summed E-state index contributed by atoms with van der Waals surface area (Å²) in [7, 11) is 0. The SMILES string of the molecule is CCC(C)C(NC(=O)Cc1ccc([N+](=O)[O-])cc1Br)C(=O)O. The summed E-state index contributed by atoms with van der Waals surface area (Å²) in [6, 6.07) is 3.14. The third-order valence-electron chi connectivity index (χ3n) is 3.39. The molecule has 0 saturated carbocycles. The summed E-state index contributed by atoms with van der Waals surface area (Å²) in [5.41, 5.74) is 0.468. The van der Waals surface area contributed by atoms with Crippen molar-refractivity contribution in [2.45, 2.75) is 32.7 Å². The third kappa shape index (κ3) is 4.80. The van der Waals surface area contributed by atoms with Crippen LogP contribution in [0.15, 0.2) is 22.7 Å². The maximum atomic E-state index is 12.0. The first-order valence-electron chi connectivity index (χ1n) is 6.71. The Labute approximate surface area is 136 Å². The van der Waals surface area contributed by atoms with Crippen molar-refractivity contribution in [3.8, 4) is 0 Å². The Hall–Kier alpha value is -1.96. The van der Waals surface area contributed by atoms with Crippen molar-refractivity contribution in [1.82, 2.24) is 5.32 Å². The number of carboxylic acids is 1. The number of halogens is 1. The standard InChI is InChI=1S/C14H17BrN2O5/c1-3-8(2)13(14(19)20)16-12(18)6-9-4-5-10(17(21)22)7-11(9)15/h4-5,7-8,13H,3,6H2,1-2H3,(H,16,18)(H,19,20). The van der Waals surface area contributed by atoms with E-state index in [1.165, 1.54) is 18.2 Å². The lowest BCUT2D eigenvalue weighted by molar-refractivity contribution is -0.384. The number of hydrogen-bond donors (Lipinski definition) is 2. The predicted octanol–water partition coefficient (Wildman–Crippen LogP) is 2.52. The van der Waals surface area contributed by atoms with Crippen molar-refractivity contribution in [3.63, 3.8) is 0 Å². The fourth-order valence-electron chi connectivity index (χ4n) is 1.87. The fourth-order valence-corrected chi connectivity index (χ4v) is 2.38. The number of nitrogens with one attached hydrogen (secondary N) is 1. The summed E-state index contributed by atoms with van der Waals surface area (Å²) < 4.78 is 0.437. The van der Waals surface area contributed by atoms with E-state index in [0.717, 1.165) is 0 Å². The Morgan fingerprint density at radius 3 is 2.55 bits per heavy atom. The van der Waals surface area contributed by atoms with E-state index in [-0.39, 0.29) is 18.0 Å². The minimum atomic E-state index is -1.08. The number of benzene rings is 1. The van der Waals surface area contributed by atoms with Gasteiger partial charge in [-0.05, 0) is 11.5 Å². The van der Waals surface area contributed by atoms with Crippen LogP contribution in [0.1, 0.15) is 25.8 Å². The van der Waals surface area contributed by atoms with Crippen molar-refractivity contribution in [2.75, 3.05) is 0 Å². The summed E-state index contributed by atoms with van der Waals surface area (Å²) in [6.45, 7) is 3.60. The molecule has 1 aromatic carbocycles. The molecule has 7 nitrogen and oxygen atoms in total. The van der Waals surface area contributed by atoms with Gasteiger partial charge >= 0.3 is 5.97 Å². The van der Waals surface area contributed by atoms with E-state index < -0.39 is 22.8 Å². The second-order valence-corrected chi connectivity index (χ2v) is 5.83. The smallest absolute Gasteiger partial charge is 0.326 e. The van der Waals surface area contributed by atoms with Gasteiger partial charge in [0.1, 0.15) is 6.04 Å². The summed E-state index contributed by atoms with van der Waals surface area (Å²) in [5, 5.41) is 22.3. The molecule has 1 aromatic rings. The van der Waals surface area contributed by atoms with Gasteiger partial charge in [0.05, 0.1) is 11.3 Å². The number of carbonyl (C=O) groups excluding carboxylic acids is 1. The van der Waals surface area contributed by atoms with E-state index in [2.05, 4.69) is 21.2 Å². The Morgan fingerprint density at radius 2 is 2.09 bits per heavy atom. The summed E-state index contributed by atoms with van der Waals surface area (Å²) in [5.74, 6) is -1.71. The molecule has 2 atom stereocenters. The average Bonchev–Trinajstić information content (AvgIpc) is 2.45. The largest absolute Gasteiger partial charge is 0.480 e. The first-order valence-corrected chi connectivity index (χ1v) is 7.50. The quantitative estimate of drug-likeness (QED) is 0.564. The lowest BCUT2D eigenvalue weighted by Gasteiger charge is -2.20. The zero-order chi connectivity index (χ0) is 16.9. The Balaban J connectivity index is 2.80. The van der Waals surface area contributed by atoms with Crippen LogP contribution in [0.2, 0.25) is 0 Å². The lowest BCUT2D eigenvalue weighted by atomic mass is 9.99. The van der Waals surface area contributed by atoms with Crippen molar-refractivity contribution in [3.05, 3.63) is 38.3 Å². The van der Waals surface area contributed by atoms with Crippen molar-refractivity contribution >= 4 is 33.5 Å². The number of carboxylic acid groups (broad SMARTS) is 1. The number of rotatable bonds is 7. The molecule has 8 heteroatoms. The molecule has 2 N–H and O–H groups in total. The number of nitrogens with zero attached hydrogens (tertiary/aromatic N) is 1. The number of amides is 1. The zero-order valence-corrected chi connectivity index (χ0v) is 13.8. The van der Waals surface area contributed by atoms with E-state index in [4.69, 9.17) is 5.11 Å². The maximum absolute atomic E-state index is 12.0. The Kier molecular flexibility index (Phi) is 6.48. The highest BCUT2D eigenvalue weighted by Crippen LogP contribution is 2.23. The molecule has 0 bridgehead atoms. The van der Waals surface area contributed by atoms with Crippen LogP contribution in [0.5, 0.6) is 0 Å². The number of hydrogen-bond acceptors (Lipinski definition) is 4. The van der Waals surface area contributed by atoms with Gasteiger partial charge in [-0.25, -0.2) is 4.79 Å². The van der Waals surface area contributed by atoms with Gasteiger partial charge in [-0.15, -0.1) is 0 Å². The van der Waals surface area contributed by atoms with Gasteiger partial charge in [-0.2, -0.15) is 0 Å². The summed E-state index contributed by atoms with van der Waals surface area (Å²) in [4.78, 5) is 33.3. The molecule has 0 aliphatic rings. The van der Waals surface area contributed by atoms with Crippen molar-refractivity contribution < 1.29 is 19.6 Å². The van der Waals surface area contributed by atoms with Crippen LogP contribution in [0.25, 0.3) is 0 Å². The van der Waals surface area contributed by atoms with Crippen LogP contribution in [-0.2, 0) is 16.0 Å². The number of carbonyl (C=O) groups is 2. The van der Waals surface area contributed by atoms with E-state index >= 15 is 0 Å². The van der Waals surface area contributed by atoms with Crippen LogP contribution in [0.4, 0.5) is 5.69 Å². The minimum absolute atomic E-state index is 0.0568. The number of non-ortho nitro benzene ring substituents is 1. The van der Waals surface area contributed by atoms with Crippen LogP contribution < -0.4 is 5.32 Å².